The number of thiophene rings is 1. The fourth-order valence-corrected chi connectivity index (χ4v) is 2.28. The Morgan fingerprint density at radius 2 is 2.27 bits per heavy atom. The minimum Gasteiger partial charge on any atom is -0.315 e. The molecule has 0 spiro atoms. The van der Waals surface area contributed by atoms with Crippen molar-refractivity contribution in [1.29, 1.82) is 0 Å². The van der Waals surface area contributed by atoms with Gasteiger partial charge in [0.2, 0.25) is 0 Å². The van der Waals surface area contributed by atoms with Crippen LogP contribution in [0.2, 0.25) is 0 Å². The zero-order chi connectivity index (χ0) is 11.1. The summed E-state index contributed by atoms with van der Waals surface area (Å²) in [4.78, 5) is 1.44. The number of rotatable bonds is 5. The van der Waals surface area contributed by atoms with E-state index in [2.05, 4.69) is 48.5 Å². The lowest BCUT2D eigenvalue weighted by Gasteiger charge is -2.23. The van der Waals surface area contributed by atoms with E-state index in [1.807, 2.05) is 18.3 Å². The van der Waals surface area contributed by atoms with Crippen molar-refractivity contribution in [3.8, 4) is 11.8 Å². The molecule has 0 bridgehead atoms. The highest BCUT2D eigenvalue weighted by atomic mass is 32.1. The van der Waals surface area contributed by atoms with E-state index in [0.29, 0.717) is 0 Å². The molecule has 0 aliphatic heterocycles. The normalized spacial score (nSPS) is 10.9. The molecule has 2 heteroatoms. The summed E-state index contributed by atoms with van der Waals surface area (Å²) < 4.78 is 0. The molecule has 0 saturated carbocycles. The quantitative estimate of drug-likeness (QED) is 0.595. The van der Waals surface area contributed by atoms with Crippen LogP contribution in [0.1, 0.15) is 32.1 Å². The van der Waals surface area contributed by atoms with E-state index >= 15 is 0 Å². The zero-order valence-electron chi connectivity index (χ0n) is 9.76. The summed E-state index contributed by atoms with van der Waals surface area (Å²) in [6, 6.07) is 4.32. The largest absolute Gasteiger partial charge is 0.315 e. The van der Waals surface area contributed by atoms with E-state index in [1.165, 1.54) is 4.88 Å². The Morgan fingerprint density at radius 1 is 1.47 bits per heavy atom. The molecule has 0 unspecified atom stereocenters. The molecule has 15 heavy (non-hydrogen) atoms. The van der Waals surface area contributed by atoms with Crippen molar-refractivity contribution in [3.63, 3.8) is 0 Å². The van der Waals surface area contributed by atoms with Crippen molar-refractivity contribution >= 4 is 11.3 Å². The molecule has 0 aliphatic rings. The van der Waals surface area contributed by atoms with Gasteiger partial charge in [-0.25, -0.2) is 0 Å². The molecule has 0 saturated heterocycles. The van der Waals surface area contributed by atoms with Gasteiger partial charge < -0.3 is 5.32 Å². The molecule has 82 valence electrons. The standard InChI is InChI=1S/C13H19NS/c1-4-5-6-9-14-11-13(2,3)12-8-7-10-15-12/h7-8,10,14H,6,9,11H2,1-3H3. The van der Waals surface area contributed by atoms with Crippen LogP contribution in [0.3, 0.4) is 0 Å². The third kappa shape index (κ3) is 4.07. The van der Waals surface area contributed by atoms with Crippen LogP contribution in [0, 0.1) is 11.8 Å². The molecule has 1 rings (SSSR count). The van der Waals surface area contributed by atoms with E-state index in [9.17, 15) is 0 Å². The van der Waals surface area contributed by atoms with Crippen molar-refractivity contribution in [1.82, 2.24) is 5.32 Å². The first-order valence-corrected chi connectivity index (χ1v) is 6.19. The smallest absolute Gasteiger partial charge is 0.0214 e. The number of hydrogen-bond donors (Lipinski definition) is 1. The number of nitrogens with one attached hydrogen (secondary N) is 1. The van der Waals surface area contributed by atoms with Crippen molar-refractivity contribution in [3.05, 3.63) is 22.4 Å². The van der Waals surface area contributed by atoms with Gasteiger partial charge in [-0.15, -0.1) is 23.2 Å². The molecule has 1 aromatic rings. The van der Waals surface area contributed by atoms with Gasteiger partial charge in [-0.05, 0) is 18.4 Å². The topological polar surface area (TPSA) is 12.0 Å². The molecule has 0 radical (unpaired) electrons. The van der Waals surface area contributed by atoms with Gasteiger partial charge in [0.1, 0.15) is 0 Å². The van der Waals surface area contributed by atoms with Crippen LogP contribution in [-0.2, 0) is 5.41 Å². The van der Waals surface area contributed by atoms with Crippen LogP contribution in [0.5, 0.6) is 0 Å². The maximum Gasteiger partial charge on any atom is 0.0214 e. The summed E-state index contributed by atoms with van der Waals surface area (Å²) in [5.74, 6) is 5.96. The van der Waals surface area contributed by atoms with E-state index < -0.39 is 0 Å². The average Bonchev–Trinajstić information content (AvgIpc) is 2.70. The number of hydrogen-bond acceptors (Lipinski definition) is 2. The Bertz CT molecular complexity index is 327. The summed E-state index contributed by atoms with van der Waals surface area (Å²) in [6.07, 6.45) is 0.941. The summed E-state index contributed by atoms with van der Waals surface area (Å²) in [5, 5.41) is 5.59. The Kier molecular flexibility index (Phi) is 4.87. The van der Waals surface area contributed by atoms with E-state index in [4.69, 9.17) is 0 Å². The Hall–Kier alpha value is -0.780. The van der Waals surface area contributed by atoms with Gasteiger partial charge in [-0.2, -0.15) is 0 Å². The van der Waals surface area contributed by atoms with Gasteiger partial charge >= 0.3 is 0 Å². The van der Waals surface area contributed by atoms with E-state index in [-0.39, 0.29) is 5.41 Å². The van der Waals surface area contributed by atoms with Crippen LogP contribution in [-0.4, -0.2) is 13.1 Å². The minimum atomic E-state index is 0.230. The lowest BCUT2D eigenvalue weighted by molar-refractivity contribution is 0.481. The lowest BCUT2D eigenvalue weighted by atomic mass is 9.91. The second kappa shape index (κ2) is 5.95. The fraction of sp³-hybridized carbons (Fsp3) is 0.538. The summed E-state index contributed by atoms with van der Waals surface area (Å²) in [5.41, 5.74) is 0.230. The van der Waals surface area contributed by atoms with Gasteiger partial charge in [0, 0.05) is 29.8 Å². The van der Waals surface area contributed by atoms with Crippen molar-refractivity contribution in [2.45, 2.75) is 32.6 Å². The van der Waals surface area contributed by atoms with E-state index in [0.717, 1.165) is 19.5 Å². The maximum atomic E-state index is 3.45. The summed E-state index contributed by atoms with van der Waals surface area (Å²) >= 11 is 1.83. The van der Waals surface area contributed by atoms with Crippen LogP contribution >= 0.6 is 11.3 Å². The van der Waals surface area contributed by atoms with E-state index in [1.54, 1.807) is 0 Å². The summed E-state index contributed by atoms with van der Waals surface area (Å²) in [6.45, 7) is 8.43. The first-order chi connectivity index (χ1) is 7.17. The van der Waals surface area contributed by atoms with Crippen LogP contribution < -0.4 is 5.32 Å². The highest BCUT2D eigenvalue weighted by Crippen LogP contribution is 2.26. The maximum absolute atomic E-state index is 3.45. The third-order valence-corrected chi connectivity index (χ3v) is 3.59. The molecule has 0 atom stereocenters. The molecular formula is C13H19NS. The highest BCUT2D eigenvalue weighted by Gasteiger charge is 2.20. The summed E-state index contributed by atoms with van der Waals surface area (Å²) in [7, 11) is 0. The third-order valence-electron chi connectivity index (χ3n) is 2.36. The van der Waals surface area contributed by atoms with Crippen molar-refractivity contribution in [2.24, 2.45) is 0 Å². The van der Waals surface area contributed by atoms with Crippen LogP contribution in [0.15, 0.2) is 17.5 Å². The van der Waals surface area contributed by atoms with Crippen LogP contribution in [0.4, 0.5) is 0 Å². The second-order valence-electron chi connectivity index (χ2n) is 4.21. The van der Waals surface area contributed by atoms with Gasteiger partial charge in [0.25, 0.3) is 0 Å². The predicted molar refractivity (Wildman–Crippen MR) is 68.3 cm³/mol. The lowest BCUT2D eigenvalue weighted by Crippen LogP contribution is -2.32. The average molecular weight is 221 g/mol. The zero-order valence-corrected chi connectivity index (χ0v) is 10.6. The molecule has 0 fully saturated rings. The Balaban J connectivity index is 2.33. The van der Waals surface area contributed by atoms with Gasteiger partial charge in [-0.1, -0.05) is 19.9 Å². The first kappa shape index (κ1) is 12.3. The van der Waals surface area contributed by atoms with Gasteiger partial charge in [0.15, 0.2) is 0 Å². The fourth-order valence-electron chi connectivity index (χ4n) is 1.43. The monoisotopic (exact) mass is 221 g/mol. The molecular weight excluding hydrogens is 202 g/mol. The molecule has 1 aromatic heterocycles. The Labute approximate surface area is 96.9 Å². The molecule has 1 nitrogen and oxygen atoms in total. The van der Waals surface area contributed by atoms with Crippen LogP contribution in [0.25, 0.3) is 0 Å². The molecule has 1 heterocycles. The van der Waals surface area contributed by atoms with Crippen molar-refractivity contribution < 1.29 is 0 Å². The van der Waals surface area contributed by atoms with Gasteiger partial charge in [0.05, 0.1) is 0 Å². The Morgan fingerprint density at radius 3 is 2.87 bits per heavy atom. The molecule has 0 aromatic carbocycles. The predicted octanol–water partition coefficient (Wildman–Crippen LogP) is 3.03. The SMILES string of the molecule is CC#CCCNCC(C)(C)c1cccs1. The minimum absolute atomic E-state index is 0.230. The highest BCUT2D eigenvalue weighted by molar-refractivity contribution is 7.10. The first-order valence-electron chi connectivity index (χ1n) is 5.31. The molecule has 0 aliphatic carbocycles. The second-order valence-corrected chi connectivity index (χ2v) is 5.16. The van der Waals surface area contributed by atoms with Crippen molar-refractivity contribution in [2.75, 3.05) is 13.1 Å². The molecule has 1 N–H and O–H groups in total. The molecule has 0 amide bonds. The van der Waals surface area contributed by atoms with Gasteiger partial charge in [-0.3, -0.25) is 0 Å².